The number of nitro benzene ring substituents is 1. The Labute approximate surface area is 122 Å². The van der Waals surface area contributed by atoms with Crippen LogP contribution >= 0.6 is 0 Å². The summed E-state index contributed by atoms with van der Waals surface area (Å²) in [6.07, 6.45) is 3.88. The predicted molar refractivity (Wildman–Crippen MR) is 77.2 cm³/mol. The van der Waals surface area contributed by atoms with Crippen molar-refractivity contribution in [3.8, 4) is 0 Å². The molecule has 0 heterocycles. The summed E-state index contributed by atoms with van der Waals surface area (Å²) < 4.78 is 13.5. The Morgan fingerprint density at radius 2 is 2.14 bits per heavy atom. The number of carbonyl (C=O) groups is 1. The smallest absolute Gasteiger partial charge is 0.338 e. The standard InChI is InChI=1S/C14H19FN2O4/c1-3-4-5-6-9(2)16-12-7-10(14(18)19)11(15)8-13(12)17(20)21/h7-9,16H,3-6H2,1-2H3,(H,18,19). The minimum atomic E-state index is -1.45. The van der Waals surface area contributed by atoms with Crippen LogP contribution in [0.1, 0.15) is 49.9 Å². The van der Waals surface area contributed by atoms with Gasteiger partial charge in [0.25, 0.3) is 5.69 Å². The van der Waals surface area contributed by atoms with Crippen molar-refractivity contribution >= 4 is 17.3 Å². The minimum absolute atomic E-state index is 0.0304. The van der Waals surface area contributed by atoms with Gasteiger partial charge in [-0.15, -0.1) is 0 Å². The molecule has 2 N–H and O–H groups in total. The molecule has 0 saturated carbocycles. The van der Waals surface area contributed by atoms with Gasteiger partial charge in [-0.3, -0.25) is 10.1 Å². The first-order valence-electron chi connectivity index (χ1n) is 6.84. The van der Waals surface area contributed by atoms with Crippen molar-refractivity contribution < 1.29 is 19.2 Å². The van der Waals surface area contributed by atoms with Gasteiger partial charge in [0.15, 0.2) is 0 Å². The van der Waals surface area contributed by atoms with Crippen molar-refractivity contribution in [2.45, 2.75) is 45.6 Å². The summed E-state index contributed by atoms with van der Waals surface area (Å²) in [6.45, 7) is 3.92. The van der Waals surface area contributed by atoms with Crippen LogP contribution < -0.4 is 5.32 Å². The van der Waals surface area contributed by atoms with Crippen molar-refractivity contribution in [3.05, 3.63) is 33.6 Å². The molecule has 0 aliphatic rings. The van der Waals surface area contributed by atoms with Crippen molar-refractivity contribution in [2.75, 3.05) is 5.32 Å². The van der Waals surface area contributed by atoms with E-state index in [4.69, 9.17) is 5.11 Å². The summed E-state index contributed by atoms with van der Waals surface area (Å²) >= 11 is 0. The molecule has 0 spiro atoms. The highest BCUT2D eigenvalue weighted by Crippen LogP contribution is 2.29. The van der Waals surface area contributed by atoms with Crippen molar-refractivity contribution in [1.29, 1.82) is 0 Å². The monoisotopic (exact) mass is 298 g/mol. The van der Waals surface area contributed by atoms with E-state index >= 15 is 0 Å². The van der Waals surface area contributed by atoms with Crippen LogP contribution in [0.15, 0.2) is 12.1 Å². The van der Waals surface area contributed by atoms with Gasteiger partial charge in [-0.25, -0.2) is 9.18 Å². The van der Waals surface area contributed by atoms with Crippen LogP contribution in [-0.2, 0) is 0 Å². The average Bonchev–Trinajstić information content (AvgIpc) is 2.40. The SMILES string of the molecule is CCCCCC(C)Nc1cc(C(=O)O)c(F)cc1[N+](=O)[O-]. The van der Waals surface area contributed by atoms with Crippen LogP contribution in [0.25, 0.3) is 0 Å². The Hall–Kier alpha value is -2.18. The lowest BCUT2D eigenvalue weighted by molar-refractivity contribution is -0.384. The van der Waals surface area contributed by atoms with Gasteiger partial charge in [-0.1, -0.05) is 26.2 Å². The number of carboxylic acid groups (broad SMARTS) is 1. The molecule has 6 nitrogen and oxygen atoms in total. The lowest BCUT2D eigenvalue weighted by Gasteiger charge is -2.15. The molecule has 0 bridgehead atoms. The summed E-state index contributed by atoms with van der Waals surface area (Å²) in [6, 6.07) is 1.55. The third kappa shape index (κ3) is 4.70. The van der Waals surface area contributed by atoms with Gasteiger partial charge in [-0.2, -0.15) is 0 Å². The zero-order valence-electron chi connectivity index (χ0n) is 12.1. The number of anilines is 1. The van der Waals surface area contributed by atoms with Gasteiger partial charge < -0.3 is 10.4 Å². The Kier molecular flexibility index (Phi) is 6.08. The number of nitrogens with zero attached hydrogens (tertiary/aromatic N) is 1. The lowest BCUT2D eigenvalue weighted by atomic mass is 10.1. The van der Waals surface area contributed by atoms with Gasteiger partial charge in [-0.05, 0) is 19.4 Å². The molecule has 0 amide bonds. The Bertz CT molecular complexity index is 534. The van der Waals surface area contributed by atoms with E-state index in [9.17, 15) is 19.3 Å². The zero-order valence-corrected chi connectivity index (χ0v) is 12.1. The molecule has 7 heteroatoms. The van der Waals surface area contributed by atoms with E-state index in [1.54, 1.807) is 0 Å². The maximum absolute atomic E-state index is 13.5. The summed E-state index contributed by atoms with van der Waals surface area (Å²) in [5, 5.41) is 22.7. The summed E-state index contributed by atoms with van der Waals surface area (Å²) in [5.41, 5.74) is -1.01. The highest BCUT2D eigenvalue weighted by molar-refractivity contribution is 5.90. The second-order valence-electron chi connectivity index (χ2n) is 4.95. The van der Waals surface area contributed by atoms with E-state index in [0.29, 0.717) is 6.07 Å². The number of halogens is 1. The van der Waals surface area contributed by atoms with Gasteiger partial charge in [0.2, 0.25) is 0 Å². The fraction of sp³-hybridized carbons (Fsp3) is 0.500. The Morgan fingerprint density at radius 3 is 2.67 bits per heavy atom. The molecule has 0 fully saturated rings. The lowest BCUT2D eigenvalue weighted by Crippen LogP contribution is -2.17. The minimum Gasteiger partial charge on any atom is -0.478 e. The van der Waals surface area contributed by atoms with Crippen molar-refractivity contribution in [1.82, 2.24) is 0 Å². The molecule has 21 heavy (non-hydrogen) atoms. The third-order valence-corrected chi connectivity index (χ3v) is 3.16. The molecule has 1 aromatic carbocycles. The summed E-state index contributed by atoms with van der Waals surface area (Å²) in [7, 11) is 0. The van der Waals surface area contributed by atoms with Gasteiger partial charge in [0.1, 0.15) is 11.5 Å². The van der Waals surface area contributed by atoms with Crippen molar-refractivity contribution in [2.24, 2.45) is 0 Å². The summed E-state index contributed by atoms with van der Waals surface area (Å²) in [5.74, 6) is -2.57. The molecular formula is C14H19FN2O4. The van der Waals surface area contributed by atoms with Gasteiger partial charge >= 0.3 is 5.97 Å². The molecule has 0 aromatic heterocycles. The molecule has 1 atom stereocenters. The second kappa shape index (κ2) is 7.56. The second-order valence-corrected chi connectivity index (χ2v) is 4.95. The zero-order chi connectivity index (χ0) is 16.0. The Morgan fingerprint density at radius 1 is 1.48 bits per heavy atom. The predicted octanol–water partition coefficient (Wildman–Crippen LogP) is 3.81. The number of unbranched alkanes of at least 4 members (excludes halogenated alkanes) is 2. The number of aromatic carboxylic acids is 1. The number of hydrogen-bond acceptors (Lipinski definition) is 4. The van der Waals surface area contributed by atoms with E-state index < -0.39 is 28.0 Å². The van der Waals surface area contributed by atoms with Crippen LogP contribution in [-0.4, -0.2) is 22.0 Å². The normalized spacial score (nSPS) is 12.0. The fourth-order valence-corrected chi connectivity index (χ4v) is 2.03. The molecule has 1 aromatic rings. The molecule has 0 radical (unpaired) electrons. The number of carboxylic acids is 1. The van der Waals surface area contributed by atoms with E-state index in [2.05, 4.69) is 12.2 Å². The topological polar surface area (TPSA) is 92.5 Å². The molecule has 0 saturated heterocycles. The maximum atomic E-state index is 13.5. The highest BCUT2D eigenvalue weighted by Gasteiger charge is 2.22. The van der Waals surface area contributed by atoms with E-state index in [1.165, 1.54) is 0 Å². The number of nitro groups is 1. The van der Waals surface area contributed by atoms with E-state index in [-0.39, 0.29) is 11.7 Å². The van der Waals surface area contributed by atoms with Crippen LogP contribution in [0, 0.1) is 15.9 Å². The number of rotatable bonds is 8. The maximum Gasteiger partial charge on any atom is 0.338 e. The molecule has 0 aliphatic heterocycles. The number of hydrogen-bond donors (Lipinski definition) is 2. The van der Waals surface area contributed by atoms with Crippen LogP contribution in [0.2, 0.25) is 0 Å². The first kappa shape index (κ1) is 16.9. The Balaban J connectivity index is 3.00. The fourth-order valence-electron chi connectivity index (χ4n) is 2.03. The first-order chi connectivity index (χ1) is 9.86. The first-order valence-corrected chi connectivity index (χ1v) is 6.84. The van der Waals surface area contributed by atoms with E-state index in [1.807, 2.05) is 6.92 Å². The van der Waals surface area contributed by atoms with Crippen LogP contribution in [0.5, 0.6) is 0 Å². The van der Waals surface area contributed by atoms with E-state index in [0.717, 1.165) is 31.7 Å². The van der Waals surface area contributed by atoms with Gasteiger partial charge in [0, 0.05) is 6.04 Å². The largest absolute Gasteiger partial charge is 0.478 e. The number of benzene rings is 1. The molecule has 0 aliphatic carbocycles. The van der Waals surface area contributed by atoms with Crippen LogP contribution in [0.3, 0.4) is 0 Å². The quantitative estimate of drug-likeness (QED) is 0.432. The number of nitrogens with one attached hydrogen (secondary N) is 1. The third-order valence-electron chi connectivity index (χ3n) is 3.16. The van der Waals surface area contributed by atoms with Crippen molar-refractivity contribution in [3.63, 3.8) is 0 Å². The van der Waals surface area contributed by atoms with Crippen LogP contribution in [0.4, 0.5) is 15.8 Å². The highest BCUT2D eigenvalue weighted by atomic mass is 19.1. The molecule has 116 valence electrons. The molecule has 1 rings (SSSR count). The summed E-state index contributed by atoms with van der Waals surface area (Å²) in [4.78, 5) is 21.1. The average molecular weight is 298 g/mol. The molecule has 1 unspecified atom stereocenters. The molecular weight excluding hydrogens is 279 g/mol. The van der Waals surface area contributed by atoms with Gasteiger partial charge in [0.05, 0.1) is 16.6 Å².